The van der Waals surface area contributed by atoms with Crippen LogP contribution in [0.3, 0.4) is 0 Å². The van der Waals surface area contributed by atoms with Gasteiger partial charge in [-0.3, -0.25) is 4.79 Å². The van der Waals surface area contributed by atoms with E-state index in [1.807, 2.05) is 30.3 Å². The lowest BCUT2D eigenvalue weighted by Gasteiger charge is -2.31. The van der Waals surface area contributed by atoms with Crippen molar-refractivity contribution in [3.63, 3.8) is 0 Å². The van der Waals surface area contributed by atoms with Gasteiger partial charge in [0.15, 0.2) is 0 Å². The lowest BCUT2D eigenvalue weighted by atomic mass is 10.00. The van der Waals surface area contributed by atoms with Crippen LogP contribution in [0.15, 0.2) is 53.3 Å². The van der Waals surface area contributed by atoms with Gasteiger partial charge >= 0.3 is 0 Å². The normalized spacial score (nSPS) is 13.6. The highest BCUT2D eigenvalue weighted by Crippen LogP contribution is 2.38. The minimum Gasteiger partial charge on any atom is -0.490 e. The van der Waals surface area contributed by atoms with Crippen LogP contribution in [-0.2, 0) is 0 Å². The van der Waals surface area contributed by atoms with Crippen molar-refractivity contribution in [1.82, 2.24) is 4.98 Å². The van der Waals surface area contributed by atoms with Gasteiger partial charge < -0.3 is 14.6 Å². The van der Waals surface area contributed by atoms with Gasteiger partial charge in [-0.05, 0) is 29.7 Å². The average Bonchev–Trinajstić information content (AvgIpc) is 2.65. The summed E-state index contributed by atoms with van der Waals surface area (Å²) in [7, 11) is 0. The minimum atomic E-state index is -0.0804. The maximum absolute atomic E-state index is 12.2. The predicted octanol–water partition coefficient (Wildman–Crippen LogP) is 4.19. The smallest absolute Gasteiger partial charge is 0.249 e. The minimum absolute atomic E-state index is 0.0804. The van der Waals surface area contributed by atoms with Gasteiger partial charge in [0.2, 0.25) is 5.56 Å². The first-order valence-corrected chi connectivity index (χ1v) is 8.90. The molecule has 2 aromatic carbocycles. The standard InChI is InChI=1S/C21H22N2O2/c1-2-3-9-23-10-11-25-20-12-17-16(15-7-5-4-6-8-15)13-21(24)22-18(17)14-19(20)23/h4-8,12-14H,2-3,9-11H2,1H3,(H,22,24). The molecule has 2 heterocycles. The number of hydrogen-bond acceptors (Lipinski definition) is 3. The molecule has 0 aliphatic carbocycles. The van der Waals surface area contributed by atoms with E-state index in [-0.39, 0.29) is 5.56 Å². The van der Waals surface area contributed by atoms with E-state index in [9.17, 15) is 4.79 Å². The number of hydrogen-bond donors (Lipinski definition) is 1. The van der Waals surface area contributed by atoms with E-state index in [1.54, 1.807) is 6.07 Å². The molecule has 0 atom stereocenters. The van der Waals surface area contributed by atoms with E-state index in [0.717, 1.165) is 59.4 Å². The summed E-state index contributed by atoms with van der Waals surface area (Å²) in [4.78, 5) is 17.5. The van der Waals surface area contributed by atoms with Crippen molar-refractivity contribution in [3.05, 3.63) is 58.9 Å². The predicted molar refractivity (Wildman–Crippen MR) is 103 cm³/mol. The number of unbranched alkanes of at least 4 members (excludes halogenated alkanes) is 1. The van der Waals surface area contributed by atoms with Gasteiger partial charge in [0.25, 0.3) is 0 Å². The van der Waals surface area contributed by atoms with Gasteiger partial charge in [-0.25, -0.2) is 0 Å². The summed E-state index contributed by atoms with van der Waals surface area (Å²) >= 11 is 0. The molecule has 0 amide bonds. The molecule has 1 aromatic heterocycles. The topological polar surface area (TPSA) is 45.3 Å². The third-order valence-corrected chi connectivity index (χ3v) is 4.75. The number of benzene rings is 2. The molecule has 1 aliphatic rings. The van der Waals surface area contributed by atoms with Crippen molar-refractivity contribution in [3.8, 4) is 16.9 Å². The summed E-state index contributed by atoms with van der Waals surface area (Å²) in [6, 6.07) is 15.8. The van der Waals surface area contributed by atoms with E-state index < -0.39 is 0 Å². The van der Waals surface area contributed by atoms with Crippen molar-refractivity contribution in [2.75, 3.05) is 24.6 Å². The van der Waals surface area contributed by atoms with Crippen LogP contribution in [0.4, 0.5) is 5.69 Å². The van der Waals surface area contributed by atoms with Gasteiger partial charge in [0.05, 0.1) is 17.7 Å². The number of nitrogens with one attached hydrogen (secondary N) is 1. The number of nitrogens with zero attached hydrogens (tertiary/aromatic N) is 1. The molecule has 25 heavy (non-hydrogen) atoms. The lowest BCUT2D eigenvalue weighted by molar-refractivity contribution is 0.307. The molecular weight excluding hydrogens is 312 g/mol. The second kappa shape index (κ2) is 6.63. The fourth-order valence-electron chi connectivity index (χ4n) is 3.46. The van der Waals surface area contributed by atoms with Crippen LogP contribution in [0.25, 0.3) is 22.0 Å². The molecule has 4 heteroatoms. The molecule has 0 fully saturated rings. The monoisotopic (exact) mass is 334 g/mol. The largest absolute Gasteiger partial charge is 0.490 e. The first-order chi connectivity index (χ1) is 12.3. The zero-order valence-corrected chi connectivity index (χ0v) is 14.4. The van der Waals surface area contributed by atoms with E-state index in [4.69, 9.17) is 4.74 Å². The molecule has 0 radical (unpaired) electrons. The Morgan fingerprint density at radius 1 is 1.16 bits per heavy atom. The van der Waals surface area contributed by atoms with Crippen molar-refractivity contribution in [1.29, 1.82) is 0 Å². The number of pyridine rings is 1. The summed E-state index contributed by atoms with van der Waals surface area (Å²) in [6.45, 7) is 4.81. The summed E-state index contributed by atoms with van der Waals surface area (Å²) in [5.74, 6) is 0.902. The molecule has 1 aliphatic heterocycles. The number of ether oxygens (including phenoxy) is 1. The van der Waals surface area contributed by atoms with Crippen molar-refractivity contribution < 1.29 is 4.74 Å². The third kappa shape index (κ3) is 3.00. The Morgan fingerprint density at radius 3 is 2.80 bits per heavy atom. The van der Waals surface area contributed by atoms with E-state index in [1.165, 1.54) is 0 Å². The maximum Gasteiger partial charge on any atom is 0.249 e. The van der Waals surface area contributed by atoms with Crippen LogP contribution in [0.5, 0.6) is 5.75 Å². The van der Waals surface area contributed by atoms with Gasteiger partial charge in [-0.2, -0.15) is 0 Å². The number of H-pyrrole nitrogens is 1. The molecule has 0 spiro atoms. The molecule has 0 bridgehead atoms. The Bertz CT molecular complexity index is 947. The molecule has 0 saturated heterocycles. The molecule has 4 rings (SSSR count). The molecular formula is C21H22N2O2. The zero-order valence-electron chi connectivity index (χ0n) is 14.4. The first kappa shape index (κ1) is 15.8. The van der Waals surface area contributed by atoms with Gasteiger partial charge in [0.1, 0.15) is 12.4 Å². The molecule has 3 aromatic rings. The van der Waals surface area contributed by atoms with Gasteiger partial charge in [-0.1, -0.05) is 43.7 Å². The van der Waals surface area contributed by atoms with E-state index >= 15 is 0 Å². The zero-order chi connectivity index (χ0) is 17.2. The number of aromatic amines is 1. The summed E-state index contributed by atoms with van der Waals surface area (Å²) in [5.41, 5.74) is 3.84. The summed E-state index contributed by atoms with van der Waals surface area (Å²) in [6.07, 6.45) is 2.31. The van der Waals surface area contributed by atoms with Crippen LogP contribution < -0.4 is 15.2 Å². The highest BCUT2D eigenvalue weighted by Gasteiger charge is 2.20. The fourth-order valence-corrected chi connectivity index (χ4v) is 3.46. The SMILES string of the molecule is CCCCN1CCOc2cc3c(-c4ccccc4)cc(=O)[nH]c3cc21. The molecule has 4 nitrogen and oxygen atoms in total. The van der Waals surface area contributed by atoms with Crippen LogP contribution in [0, 0.1) is 0 Å². The quantitative estimate of drug-likeness (QED) is 0.778. The molecule has 0 saturated carbocycles. The van der Waals surface area contributed by atoms with Crippen molar-refractivity contribution in [2.45, 2.75) is 19.8 Å². The number of aromatic nitrogens is 1. The lowest BCUT2D eigenvalue weighted by Crippen LogP contribution is -2.33. The second-order valence-electron chi connectivity index (χ2n) is 6.47. The Morgan fingerprint density at radius 2 is 2.00 bits per heavy atom. The maximum atomic E-state index is 12.2. The fraction of sp³-hybridized carbons (Fsp3) is 0.286. The number of anilines is 1. The highest BCUT2D eigenvalue weighted by molar-refractivity contribution is 5.97. The summed E-state index contributed by atoms with van der Waals surface area (Å²) in [5, 5.41) is 1.02. The van der Waals surface area contributed by atoms with Crippen molar-refractivity contribution in [2.24, 2.45) is 0 Å². The van der Waals surface area contributed by atoms with Gasteiger partial charge in [0, 0.05) is 18.0 Å². The third-order valence-electron chi connectivity index (χ3n) is 4.75. The first-order valence-electron chi connectivity index (χ1n) is 8.90. The Labute approximate surface area is 147 Å². The van der Waals surface area contributed by atoms with Crippen LogP contribution >= 0.6 is 0 Å². The number of fused-ring (bicyclic) bond motifs is 2. The molecule has 1 N–H and O–H groups in total. The average molecular weight is 334 g/mol. The molecule has 128 valence electrons. The van der Waals surface area contributed by atoms with Crippen LogP contribution in [-0.4, -0.2) is 24.7 Å². The Balaban J connectivity index is 1.89. The van der Waals surface area contributed by atoms with Crippen molar-refractivity contribution >= 4 is 16.6 Å². The van der Waals surface area contributed by atoms with Crippen LogP contribution in [0.1, 0.15) is 19.8 Å². The van der Waals surface area contributed by atoms with Crippen LogP contribution in [0.2, 0.25) is 0 Å². The second-order valence-corrected chi connectivity index (χ2v) is 6.47. The van der Waals surface area contributed by atoms with E-state index in [2.05, 4.69) is 28.9 Å². The Kier molecular flexibility index (Phi) is 4.18. The van der Waals surface area contributed by atoms with E-state index in [0.29, 0.717) is 6.61 Å². The number of rotatable bonds is 4. The van der Waals surface area contributed by atoms with Gasteiger partial charge in [-0.15, -0.1) is 0 Å². The Hall–Kier alpha value is -2.75. The summed E-state index contributed by atoms with van der Waals surface area (Å²) < 4.78 is 5.93. The highest BCUT2D eigenvalue weighted by atomic mass is 16.5. The molecule has 0 unspecified atom stereocenters.